The van der Waals surface area contributed by atoms with Gasteiger partial charge in [-0.05, 0) is 12.5 Å². The van der Waals surface area contributed by atoms with Crippen LogP contribution in [-0.4, -0.2) is 56.0 Å². The van der Waals surface area contributed by atoms with Crippen molar-refractivity contribution in [1.82, 2.24) is 19.5 Å². The Hall–Kier alpha value is -1.99. The van der Waals surface area contributed by atoms with Crippen LogP contribution in [0.2, 0.25) is 0 Å². The molecule has 0 bridgehead atoms. The molecule has 0 unspecified atom stereocenters. The van der Waals surface area contributed by atoms with E-state index < -0.39 is 0 Å². The quantitative estimate of drug-likeness (QED) is 0.732. The molecule has 7 heteroatoms. The van der Waals surface area contributed by atoms with Gasteiger partial charge in [0.05, 0.1) is 13.2 Å². The smallest absolute Gasteiger partial charge is 0.227 e. The number of aryl methyl sites for hydroxylation is 1. The highest BCUT2D eigenvalue weighted by molar-refractivity contribution is 5.35. The van der Waals surface area contributed by atoms with Gasteiger partial charge in [0.1, 0.15) is 11.6 Å². The number of aliphatic hydroxyl groups excluding tert-OH is 2. The maximum atomic E-state index is 9.10. The molecule has 0 fully saturated rings. The Morgan fingerprint density at radius 3 is 2.57 bits per heavy atom. The molecular weight excluding hydrogens is 270 g/mol. The molecule has 2 N–H and O–H groups in total. The Labute approximate surface area is 123 Å². The van der Waals surface area contributed by atoms with Crippen LogP contribution >= 0.6 is 0 Å². The zero-order valence-electron chi connectivity index (χ0n) is 12.2. The molecule has 21 heavy (non-hydrogen) atoms. The molecule has 0 aliphatic rings. The maximum Gasteiger partial charge on any atom is 0.227 e. The lowest BCUT2D eigenvalue weighted by Gasteiger charge is -2.20. The highest BCUT2D eigenvalue weighted by Crippen LogP contribution is 2.13. The molecule has 0 saturated carbocycles. The first-order valence-corrected chi connectivity index (χ1v) is 7.12. The Kier molecular flexibility index (Phi) is 5.65. The van der Waals surface area contributed by atoms with Gasteiger partial charge in [-0.3, -0.25) is 4.57 Å². The van der Waals surface area contributed by atoms with Gasteiger partial charge in [-0.15, -0.1) is 0 Å². The van der Waals surface area contributed by atoms with Crippen LogP contribution in [0.25, 0.3) is 5.82 Å². The maximum absolute atomic E-state index is 9.10. The van der Waals surface area contributed by atoms with E-state index in [0.29, 0.717) is 19.0 Å². The number of nitrogens with zero attached hydrogens (tertiary/aromatic N) is 5. The Morgan fingerprint density at radius 1 is 1.14 bits per heavy atom. The van der Waals surface area contributed by atoms with Crippen LogP contribution in [0.1, 0.15) is 19.2 Å². The second-order valence-corrected chi connectivity index (χ2v) is 4.61. The van der Waals surface area contributed by atoms with E-state index in [9.17, 15) is 0 Å². The van der Waals surface area contributed by atoms with Crippen LogP contribution in [0.3, 0.4) is 0 Å². The van der Waals surface area contributed by atoms with E-state index in [-0.39, 0.29) is 13.2 Å². The lowest BCUT2D eigenvalue weighted by atomic mass is 10.3. The van der Waals surface area contributed by atoms with Crippen molar-refractivity contribution in [3.8, 4) is 5.82 Å². The predicted molar refractivity (Wildman–Crippen MR) is 79.5 cm³/mol. The van der Waals surface area contributed by atoms with Gasteiger partial charge in [-0.1, -0.05) is 6.92 Å². The molecule has 0 atom stereocenters. The summed E-state index contributed by atoms with van der Waals surface area (Å²) in [5, 5.41) is 18.2. The molecule has 0 aliphatic heterocycles. The average molecular weight is 291 g/mol. The fourth-order valence-electron chi connectivity index (χ4n) is 2.13. The summed E-state index contributed by atoms with van der Waals surface area (Å²) in [6.07, 6.45) is 7.19. The highest BCUT2D eigenvalue weighted by Gasteiger charge is 2.11. The lowest BCUT2D eigenvalue weighted by Crippen LogP contribution is -2.31. The molecule has 2 aromatic rings. The third kappa shape index (κ3) is 3.77. The van der Waals surface area contributed by atoms with Gasteiger partial charge in [-0.2, -0.15) is 4.98 Å². The van der Waals surface area contributed by atoms with Crippen molar-refractivity contribution in [2.24, 2.45) is 0 Å². The van der Waals surface area contributed by atoms with Crippen LogP contribution < -0.4 is 4.90 Å². The normalized spacial score (nSPS) is 10.8. The topological polar surface area (TPSA) is 87.3 Å². The average Bonchev–Trinajstić information content (AvgIpc) is 2.96. The molecule has 0 spiro atoms. The van der Waals surface area contributed by atoms with Crippen molar-refractivity contribution in [1.29, 1.82) is 0 Å². The third-order valence-corrected chi connectivity index (χ3v) is 3.09. The number of anilines is 1. The summed E-state index contributed by atoms with van der Waals surface area (Å²) in [7, 11) is 0. The largest absolute Gasteiger partial charge is 0.395 e. The zero-order valence-corrected chi connectivity index (χ0v) is 12.2. The molecule has 114 valence electrons. The van der Waals surface area contributed by atoms with Crippen molar-refractivity contribution in [3.05, 3.63) is 30.5 Å². The molecule has 0 saturated heterocycles. The van der Waals surface area contributed by atoms with Crippen LogP contribution in [0.15, 0.2) is 24.7 Å². The molecule has 0 radical (unpaired) electrons. The first-order valence-electron chi connectivity index (χ1n) is 7.12. The number of hydrogen-bond acceptors (Lipinski definition) is 6. The number of rotatable bonds is 8. The van der Waals surface area contributed by atoms with Gasteiger partial charge < -0.3 is 15.1 Å². The van der Waals surface area contributed by atoms with E-state index >= 15 is 0 Å². The van der Waals surface area contributed by atoms with Gasteiger partial charge in [0.25, 0.3) is 0 Å². The minimum absolute atomic E-state index is 0.0141. The Morgan fingerprint density at radius 2 is 1.90 bits per heavy atom. The summed E-state index contributed by atoms with van der Waals surface area (Å²) in [5.41, 5.74) is 0. The second-order valence-electron chi connectivity index (χ2n) is 4.61. The summed E-state index contributed by atoms with van der Waals surface area (Å²) in [6.45, 7) is 2.85. The van der Waals surface area contributed by atoms with E-state index in [4.69, 9.17) is 10.2 Å². The number of aliphatic hydroxyl groups is 2. The number of aromatic nitrogens is 4. The molecule has 7 nitrogen and oxygen atoms in total. The molecular formula is C14H21N5O2. The fourth-order valence-corrected chi connectivity index (χ4v) is 2.13. The number of imidazole rings is 1. The molecule has 0 amide bonds. The van der Waals surface area contributed by atoms with Crippen LogP contribution in [-0.2, 0) is 6.42 Å². The second kappa shape index (κ2) is 7.70. The molecule has 0 aromatic carbocycles. The van der Waals surface area contributed by atoms with E-state index in [2.05, 4.69) is 21.9 Å². The summed E-state index contributed by atoms with van der Waals surface area (Å²) < 4.78 is 1.94. The van der Waals surface area contributed by atoms with E-state index in [1.807, 2.05) is 16.8 Å². The van der Waals surface area contributed by atoms with Crippen molar-refractivity contribution in [2.75, 3.05) is 31.2 Å². The minimum atomic E-state index is -0.0141. The molecule has 2 aromatic heterocycles. The molecule has 2 heterocycles. The standard InChI is InChI=1S/C14H21N5O2/c1-2-3-12-15-6-7-19(12)13-4-5-16-14(17-13)18(8-10-20)9-11-21/h4-7,20-21H,2-3,8-11H2,1H3. The summed E-state index contributed by atoms with van der Waals surface area (Å²) in [4.78, 5) is 14.8. The first-order chi connectivity index (χ1) is 10.3. The summed E-state index contributed by atoms with van der Waals surface area (Å²) in [5.74, 6) is 2.19. The van der Waals surface area contributed by atoms with E-state index in [0.717, 1.165) is 24.5 Å². The van der Waals surface area contributed by atoms with Crippen molar-refractivity contribution >= 4 is 5.95 Å². The SMILES string of the molecule is CCCc1nccn1-c1ccnc(N(CCO)CCO)n1. The zero-order chi connectivity index (χ0) is 15.1. The van der Waals surface area contributed by atoms with Gasteiger partial charge >= 0.3 is 0 Å². The van der Waals surface area contributed by atoms with Crippen molar-refractivity contribution < 1.29 is 10.2 Å². The van der Waals surface area contributed by atoms with Gasteiger partial charge in [0.15, 0.2) is 0 Å². The molecule has 2 rings (SSSR count). The minimum Gasteiger partial charge on any atom is -0.395 e. The van der Waals surface area contributed by atoms with Crippen LogP contribution in [0.5, 0.6) is 0 Å². The van der Waals surface area contributed by atoms with Gasteiger partial charge in [0, 0.05) is 38.1 Å². The fraction of sp³-hybridized carbons (Fsp3) is 0.500. The van der Waals surface area contributed by atoms with Crippen LogP contribution in [0, 0.1) is 0 Å². The van der Waals surface area contributed by atoms with Gasteiger partial charge in [0.2, 0.25) is 5.95 Å². The van der Waals surface area contributed by atoms with Crippen molar-refractivity contribution in [2.45, 2.75) is 19.8 Å². The van der Waals surface area contributed by atoms with E-state index in [1.165, 1.54) is 0 Å². The molecule has 0 aliphatic carbocycles. The Bertz CT molecular complexity index is 552. The van der Waals surface area contributed by atoms with Crippen molar-refractivity contribution in [3.63, 3.8) is 0 Å². The Balaban J connectivity index is 2.29. The van der Waals surface area contributed by atoms with Gasteiger partial charge in [-0.25, -0.2) is 9.97 Å². The number of hydrogen-bond donors (Lipinski definition) is 2. The lowest BCUT2D eigenvalue weighted by molar-refractivity contribution is 0.280. The van der Waals surface area contributed by atoms with Crippen LogP contribution in [0.4, 0.5) is 5.95 Å². The summed E-state index contributed by atoms with van der Waals surface area (Å²) >= 11 is 0. The predicted octanol–water partition coefficient (Wildman–Crippen LogP) is 0.406. The monoisotopic (exact) mass is 291 g/mol. The highest BCUT2D eigenvalue weighted by atomic mass is 16.3. The first kappa shape index (κ1) is 15.4. The summed E-state index contributed by atoms with van der Waals surface area (Å²) in [6, 6.07) is 1.82. The third-order valence-electron chi connectivity index (χ3n) is 3.09. The van der Waals surface area contributed by atoms with E-state index in [1.54, 1.807) is 17.3 Å².